The van der Waals surface area contributed by atoms with Gasteiger partial charge in [-0.25, -0.2) is 23.4 Å². The predicted octanol–water partition coefficient (Wildman–Crippen LogP) is 6.94. The van der Waals surface area contributed by atoms with E-state index in [-0.39, 0.29) is 38.9 Å². The van der Waals surface area contributed by atoms with Gasteiger partial charge in [0, 0.05) is 18.8 Å². The Bertz CT molecular complexity index is 1340. The van der Waals surface area contributed by atoms with Crippen LogP contribution >= 0.6 is 23.2 Å². The summed E-state index contributed by atoms with van der Waals surface area (Å²) in [5.41, 5.74) is -0.948. The first-order chi connectivity index (χ1) is 15.5. The number of aryl methyl sites for hydroxylation is 1. The third kappa shape index (κ3) is 4.62. The number of hydrogen-bond acceptors (Lipinski definition) is 4. The molecule has 5 nitrogen and oxygen atoms in total. The van der Waals surface area contributed by atoms with Gasteiger partial charge < -0.3 is 4.74 Å². The molecule has 0 aliphatic carbocycles. The number of aromatic nitrogens is 4. The van der Waals surface area contributed by atoms with Crippen molar-refractivity contribution in [1.29, 1.82) is 0 Å². The molecule has 0 atom stereocenters. The molecule has 4 aromatic rings. The second kappa shape index (κ2) is 8.60. The van der Waals surface area contributed by atoms with Crippen LogP contribution in [0.3, 0.4) is 0 Å². The molecule has 2 heterocycles. The lowest BCUT2D eigenvalue weighted by Gasteiger charge is -2.11. The van der Waals surface area contributed by atoms with Crippen LogP contribution in [0.25, 0.3) is 22.8 Å². The number of halogens is 7. The smallest absolute Gasteiger partial charge is 0.417 e. The van der Waals surface area contributed by atoms with Crippen molar-refractivity contribution in [2.75, 3.05) is 0 Å². The molecule has 170 valence electrons. The first-order valence-corrected chi connectivity index (χ1v) is 9.86. The maximum atomic E-state index is 14.1. The third-order valence-electron chi connectivity index (χ3n) is 4.48. The number of alkyl halides is 3. The predicted molar refractivity (Wildman–Crippen MR) is 111 cm³/mol. The average molecular weight is 501 g/mol. The lowest BCUT2D eigenvalue weighted by molar-refractivity contribution is -0.137. The van der Waals surface area contributed by atoms with E-state index in [0.29, 0.717) is 17.8 Å². The minimum Gasteiger partial charge on any atom is -0.436 e. The standard InChI is InChI=1S/C21H11Cl2F5N4O/c1-32-19(30-18(31-32)17-14(24)3-2-4-15(17)25)10-5-6-16(12(22)7-10)33-20-13(23)8-11(9-29-20)21(26,27)28/h2-9H,1H3. The molecule has 0 spiro atoms. The molecule has 4 rings (SSSR count). The van der Waals surface area contributed by atoms with Gasteiger partial charge in [-0.2, -0.15) is 18.3 Å². The second-order valence-corrected chi connectivity index (χ2v) is 7.55. The Kier molecular flexibility index (Phi) is 5.98. The summed E-state index contributed by atoms with van der Waals surface area (Å²) in [6.07, 6.45) is -4.01. The van der Waals surface area contributed by atoms with Gasteiger partial charge in [-0.15, -0.1) is 0 Å². The van der Waals surface area contributed by atoms with Crippen molar-refractivity contribution in [1.82, 2.24) is 19.7 Å². The Morgan fingerprint density at radius 3 is 2.27 bits per heavy atom. The van der Waals surface area contributed by atoms with E-state index in [9.17, 15) is 22.0 Å². The number of nitrogens with zero attached hydrogens (tertiary/aromatic N) is 4. The van der Waals surface area contributed by atoms with Gasteiger partial charge in [-0.3, -0.25) is 0 Å². The molecule has 0 radical (unpaired) electrons. The fourth-order valence-corrected chi connectivity index (χ4v) is 3.36. The number of benzene rings is 2. The maximum Gasteiger partial charge on any atom is 0.417 e. The van der Waals surface area contributed by atoms with Crippen LogP contribution in [0.4, 0.5) is 22.0 Å². The zero-order chi connectivity index (χ0) is 23.9. The summed E-state index contributed by atoms with van der Waals surface area (Å²) < 4.78 is 73.2. The van der Waals surface area contributed by atoms with E-state index in [2.05, 4.69) is 15.1 Å². The van der Waals surface area contributed by atoms with E-state index in [1.165, 1.54) is 36.0 Å². The van der Waals surface area contributed by atoms with Gasteiger partial charge in [0.2, 0.25) is 5.88 Å². The van der Waals surface area contributed by atoms with Crippen molar-refractivity contribution >= 4 is 23.2 Å². The third-order valence-corrected chi connectivity index (χ3v) is 5.05. The second-order valence-electron chi connectivity index (χ2n) is 6.74. The number of pyridine rings is 1. The molecule has 0 bridgehead atoms. The molecule has 33 heavy (non-hydrogen) atoms. The summed E-state index contributed by atoms with van der Waals surface area (Å²) in [6, 6.07) is 8.51. The molecule has 0 aliphatic rings. The van der Waals surface area contributed by atoms with Gasteiger partial charge in [-0.1, -0.05) is 29.3 Å². The largest absolute Gasteiger partial charge is 0.436 e. The van der Waals surface area contributed by atoms with Crippen molar-refractivity contribution in [2.45, 2.75) is 6.18 Å². The SMILES string of the molecule is Cn1nc(-c2c(F)cccc2F)nc1-c1ccc(Oc2ncc(C(F)(F)F)cc2Cl)c(Cl)c1. The van der Waals surface area contributed by atoms with Crippen molar-refractivity contribution in [2.24, 2.45) is 7.05 Å². The summed E-state index contributed by atoms with van der Waals surface area (Å²) in [5, 5.41) is 3.78. The van der Waals surface area contributed by atoms with Crippen molar-refractivity contribution < 1.29 is 26.7 Å². The number of hydrogen-bond donors (Lipinski definition) is 0. The molecule has 2 aromatic heterocycles. The molecule has 12 heteroatoms. The molecule has 0 saturated heterocycles. The zero-order valence-electron chi connectivity index (χ0n) is 16.5. The van der Waals surface area contributed by atoms with Crippen LogP contribution in [0.1, 0.15) is 5.56 Å². The van der Waals surface area contributed by atoms with Crippen LogP contribution in [0, 0.1) is 11.6 Å². The Hall–Kier alpha value is -3.24. The van der Waals surface area contributed by atoms with Crippen molar-refractivity contribution in [3.8, 4) is 34.4 Å². The summed E-state index contributed by atoms with van der Waals surface area (Å²) in [4.78, 5) is 7.80. The molecule has 0 amide bonds. The van der Waals surface area contributed by atoms with E-state index >= 15 is 0 Å². The Labute approximate surface area is 193 Å². The van der Waals surface area contributed by atoms with E-state index in [1.807, 2.05) is 0 Å². The van der Waals surface area contributed by atoms with E-state index in [4.69, 9.17) is 27.9 Å². The van der Waals surface area contributed by atoms with Crippen LogP contribution < -0.4 is 4.74 Å². The topological polar surface area (TPSA) is 52.8 Å². The van der Waals surface area contributed by atoms with Crippen LogP contribution in [-0.2, 0) is 13.2 Å². The summed E-state index contributed by atoms with van der Waals surface area (Å²) in [6.45, 7) is 0. The molecule has 0 N–H and O–H groups in total. The molecular weight excluding hydrogens is 490 g/mol. The first kappa shape index (κ1) is 22.9. The molecule has 0 unspecified atom stereocenters. The Balaban J connectivity index is 1.63. The van der Waals surface area contributed by atoms with E-state index in [0.717, 1.165) is 12.1 Å². The fraction of sp³-hybridized carbons (Fsp3) is 0.0952. The van der Waals surface area contributed by atoms with Crippen LogP contribution in [0.2, 0.25) is 10.0 Å². The number of rotatable bonds is 4. The highest BCUT2D eigenvalue weighted by Gasteiger charge is 2.32. The van der Waals surface area contributed by atoms with Crippen LogP contribution in [0.5, 0.6) is 11.6 Å². The number of ether oxygens (including phenoxy) is 1. The monoisotopic (exact) mass is 500 g/mol. The highest BCUT2D eigenvalue weighted by molar-refractivity contribution is 6.33. The zero-order valence-corrected chi connectivity index (χ0v) is 18.0. The fourth-order valence-electron chi connectivity index (χ4n) is 2.94. The normalized spacial score (nSPS) is 11.6. The average Bonchev–Trinajstić information content (AvgIpc) is 3.11. The quantitative estimate of drug-likeness (QED) is 0.285. The van der Waals surface area contributed by atoms with Crippen molar-refractivity contribution in [3.05, 3.63) is 75.9 Å². The lowest BCUT2D eigenvalue weighted by atomic mass is 10.2. The molecule has 0 aliphatic heterocycles. The lowest BCUT2D eigenvalue weighted by Crippen LogP contribution is -2.05. The summed E-state index contributed by atoms with van der Waals surface area (Å²) in [5.74, 6) is -1.72. The molecule has 0 fully saturated rings. The first-order valence-electron chi connectivity index (χ1n) is 9.10. The van der Waals surface area contributed by atoms with Gasteiger partial charge >= 0.3 is 6.18 Å². The van der Waals surface area contributed by atoms with Crippen molar-refractivity contribution in [3.63, 3.8) is 0 Å². The Morgan fingerprint density at radius 2 is 1.67 bits per heavy atom. The van der Waals surface area contributed by atoms with Gasteiger partial charge in [0.25, 0.3) is 0 Å². The minimum absolute atomic E-state index is 0.0619. The van der Waals surface area contributed by atoms with E-state index in [1.54, 1.807) is 0 Å². The summed E-state index contributed by atoms with van der Waals surface area (Å²) in [7, 11) is 1.54. The maximum absolute atomic E-state index is 14.1. The molecule has 2 aromatic carbocycles. The van der Waals surface area contributed by atoms with Crippen LogP contribution in [0.15, 0.2) is 48.7 Å². The minimum atomic E-state index is -4.60. The van der Waals surface area contributed by atoms with Gasteiger partial charge in [-0.05, 0) is 36.4 Å². The molecule has 0 saturated carbocycles. The van der Waals surface area contributed by atoms with E-state index < -0.39 is 23.4 Å². The van der Waals surface area contributed by atoms with Gasteiger partial charge in [0.1, 0.15) is 22.4 Å². The molecular formula is C21H11Cl2F5N4O. The Morgan fingerprint density at radius 1 is 0.970 bits per heavy atom. The van der Waals surface area contributed by atoms with Crippen LogP contribution in [-0.4, -0.2) is 19.7 Å². The van der Waals surface area contributed by atoms with Gasteiger partial charge in [0.05, 0.1) is 16.1 Å². The highest BCUT2D eigenvalue weighted by Crippen LogP contribution is 2.37. The van der Waals surface area contributed by atoms with Gasteiger partial charge in [0.15, 0.2) is 11.6 Å². The summed E-state index contributed by atoms with van der Waals surface area (Å²) >= 11 is 12.1. The highest BCUT2D eigenvalue weighted by atomic mass is 35.5.